The molecule has 1 aromatic carbocycles. The van der Waals surface area contributed by atoms with Gasteiger partial charge in [0.25, 0.3) is 5.56 Å². The zero-order chi connectivity index (χ0) is 24.9. The molecule has 1 saturated carbocycles. The number of hydrogen-bond donors (Lipinski definition) is 0. The highest BCUT2D eigenvalue weighted by molar-refractivity contribution is 7.80. The van der Waals surface area contributed by atoms with Crippen molar-refractivity contribution in [2.24, 2.45) is 7.05 Å². The first kappa shape index (κ1) is 23.1. The molecule has 0 amide bonds. The highest BCUT2D eigenvalue weighted by atomic mass is 32.2. The van der Waals surface area contributed by atoms with E-state index in [1.54, 1.807) is 31.0 Å². The van der Waals surface area contributed by atoms with Crippen molar-refractivity contribution in [2.75, 3.05) is 11.0 Å². The third-order valence-corrected chi connectivity index (χ3v) is 6.96. The van der Waals surface area contributed by atoms with Crippen molar-refractivity contribution in [1.82, 2.24) is 29.1 Å². The Balaban J connectivity index is 1.71. The van der Waals surface area contributed by atoms with Gasteiger partial charge < -0.3 is 8.97 Å². The van der Waals surface area contributed by atoms with Crippen LogP contribution in [0.5, 0.6) is 0 Å². The topological polar surface area (TPSA) is 144 Å². The van der Waals surface area contributed by atoms with Gasteiger partial charge in [0.2, 0.25) is 11.8 Å². The van der Waals surface area contributed by atoms with E-state index in [1.165, 1.54) is 22.8 Å². The zero-order valence-electron chi connectivity index (χ0n) is 18.9. The van der Waals surface area contributed by atoms with Crippen molar-refractivity contribution in [2.45, 2.75) is 38.4 Å². The summed E-state index contributed by atoms with van der Waals surface area (Å²) in [7, 11) is 1.71. The quantitative estimate of drug-likeness (QED) is 0.322. The minimum Gasteiger partial charge on any atom is -0.755 e. The van der Waals surface area contributed by atoms with Gasteiger partial charge >= 0.3 is 5.69 Å². The summed E-state index contributed by atoms with van der Waals surface area (Å²) < 4.78 is 48.1. The Bertz CT molecular complexity index is 1570. The molecule has 184 valence electrons. The van der Waals surface area contributed by atoms with Gasteiger partial charge in [0, 0.05) is 42.7 Å². The number of aryl methyl sites for hydroxylation is 2. The number of fused-ring (bicyclic) bond motifs is 1. The lowest BCUT2D eigenvalue weighted by molar-refractivity contribution is 0.411. The Hall–Kier alpha value is -3.65. The SMILES string of the molecule is Cc1nnc(Cn2c(=O)n(Cc3cnn(C)c3)c(=O)c3cc(N(S(=O)[O-])C4(CF)CC4)ccc32)o1. The third-order valence-electron chi connectivity index (χ3n) is 6.06. The average Bonchev–Trinajstić information content (AvgIpc) is 3.31. The number of nitrogens with zero attached hydrogens (tertiary/aromatic N) is 7. The molecule has 0 bridgehead atoms. The van der Waals surface area contributed by atoms with E-state index in [2.05, 4.69) is 15.3 Å². The monoisotopic (exact) mass is 502 g/mol. The molecule has 3 aromatic heterocycles. The minimum absolute atomic E-state index is 0.0554. The Morgan fingerprint density at radius 2 is 2.00 bits per heavy atom. The second-order valence-corrected chi connectivity index (χ2v) is 9.37. The van der Waals surface area contributed by atoms with Crippen LogP contribution in [-0.2, 0) is 31.4 Å². The normalized spacial score (nSPS) is 15.4. The largest absolute Gasteiger partial charge is 0.755 e. The van der Waals surface area contributed by atoms with Crippen LogP contribution in [0.1, 0.15) is 30.2 Å². The van der Waals surface area contributed by atoms with E-state index in [0.29, 0.717) is 24.3 Å². The maximum Gasteiger partial charge on any atom is 0.332 e. The van der Waals surface area contributed by atoms with Crippen LogP contribution in [-0.4, -0.2) is 50.1 Å². The maximum atomic E-state index is 13.7. The summed E-state index contributed by atoms with van der Waals surface area (Å²) in [5.74, 6) is 0.482. The van der Waals surface area contributed by atoms with Crippen molar-refractivity contribution in [3.8, 4) is 0 Å². The van der Waals surface area contributed by atoms with Gasteiger partial charge in [0.15, 0.2) is 0 Å². The van der Waals surface area contributed by atoms with Gasteiger partial charge in [-0.3, -0.25) is 27.1 Å². The van der Waals surface area contributed by atoms with Crippen molar-refractivity contribution in [3.63, 3.8) is 0 Å². The number of halogens is 1. The molecule has 3 heterocycles. The Labute approximate surface area is 200 Å². The summed E-state index contributed by atoms with van der Waals surface area (Å²) >= 11 is -2.76. The predicted octanol–water partition coefficient (Wildman–Crippen LogP) is 0.787. The molecule has 0 saturated heterocycles. The number of hydrogen-bond acceptors (Lipinski definition) is 8. The van der Waals surface area contributed by atoms with Crippen molar-refractivity contribution in [3.05, 3.63) is 68.8 Å². The Kier molecular flexibility index (Phi) is 5.63. The minimum atomic E-state index is -2.76. The molecular formula is C21H21FN7O5S-. The smallest absolute Gasteiger partial charge is 0.332 e. The molecule has 14 heteroatoms. The molecule has 4 aromatic rings. The van der Waals surface area contributed by atoms with E-state index in [1.807, 2.05) is 0 Å². The average molecular weight is 503 g/mol. The van der Waals surface area contributed by atoms with Gasteiger partial charge in [0.1, 0.15) is 13.2 Å². The summed E-state index contributed by atoms with van der Waals surface area (Å²) in [5, 5.41) is 11.9. The summed E-state index contributed by atoms with van der Waals surface area (Å²) in [4.78, 5) is 26.9. The molecule has 1 atom stereocenters. The lowest BCUT2D eigenvalue weighted by Gasteiger charge is -2.33. The molecule has 1 unspecified atom stereocenters. The number of alkyl halides is 1. The van der Waals surface area contributed by atoms with E-state index in [0.717, 1.165) is 8.87 Å². The van der Waals surface area contributed by atoms with Crippen LogP contribution >= 0.6 is 0 Å². The van der Waals surface area contributed by atoms with Crippen LogP contribution in [0.4, 0.5) is 10.1 Å². The molecule has 0 spiro atoms. The Morgan fingerprint density at radius 3 is 2.57 bits per heavy atom. The molecule has 1 fully saturated rings. The molecule has 0 N–H and O–H groups in total. The molecule has 0 aliphatic heterocycles. The predicted molar refractivity (Wildman–Crippen MR) is 122 cm³/mol. The molecule has 0 radical (unpaired) electrons. The van der Waals surface area contributed by atoms with E-state index in [9.17, 15) is 22.7 Å². The van der Waals surface area contributed by atoms with Crippen molar-refractivity contribution >= 4 is 27.9 Å². The maximum absolute atomic E-state index is 13.7. The fraction of sp³-hybridized carbons (Fsp3) is 0.381. The van der Waals surface area contributed by atoms with Crippen LogP contribution in [0.25, 0.3) is 10.9 Å². The highest BCUT2D eigenvalue weighted by Gasteiger charge is 2.49. The van der Waals surface area contributed by atoms with Gasteiger partial charge in [-0.05, 0) is 31.0 Å². The number of rotatable bonds is 8. The van der Waals surface area contributed by atoms with Gasteiger partial charge in [-0.1, -0.05) is 0 Å². The van der Waals surface area contributed by atoms with Crippen molar-refractivity contribution < 1.29 is 17.6 Å². The zero-order valence-corrected chi connectivity index (χ0v) is 19.7. The fourth-order valence-electron chi connectivity index (χ4n) is 4.16. The van der Waals surface area contributed by atoms with Crippen LogP contribution < -0.4 is 15.6 Å². The van der Waals surface area contributed by atoms with E-state index in [-0.39, 0.29) is 35.6 Å². The van der Waals surface area contributed by atoms with Gasteiger partial charge in [0.05, 0.1) is 29.2 Å². The lowest BCUT2D eigenvalue weighted by Crippen LogP contribution is -2.42. The van der Waals surface area contributed by atoms with Crippen LogP contribution in [0.2, 0.25) is 0 Å². The highest BCUT2D eigenvalue weighted by Crippen LogP contribution is 2.45. The van der Waals surface area contributed by atoms with Crippen LogP contribution in [0, 0.1) is 6.92 Å². The molecular weight excluding hydrogens is 481 g/mol. The Morgan fingerprint density at radius 1 is 1.23 bits per heavy atom. The van der Waals surface area contributed by atoms with E-state index in [4.69, 9.17) is 4.42 Å². The van der Waals surface area contributed by atoms with Gasteiger partial charge in [-0.15, -0.1) is 10.2 Å². The van der Waals surface area contributed by atoms with Crippen molar-refractivity contribution in [1.29, 1.82) is 0 Å². The molecule has 35 heavy (non-hydrogen) atoms. The first-order valence-corrected chi connectivity index (χ1v) is 11.7. The van der Waals surface area contributed by atoms with Crippen LogP contribution in [0.15, 0.2) is 44.6 Å². The molecule has 1 aliphatic rings. The number of aromatic nitrogens is 6. The lowest BCUT2D eigenvalue weighted by atomic mass is 10.2. The first-order valence-electron chi connectivity index (χ1n) is 10.7. The fourth-order valence-corrected chi connectivity index (χ4v) is 4.99. The van der Waals surface area contributed by atoms with Crippen LogP contribution in [0.3, 0.4) is 0 Å². The summed E-state index contributed by atoms with van der Waals surface area (Å²) in [6.45, 7) is 0.609. The van der Waals surface area contributed by atoms with Gasteiger partial charge in [-0.2, -0.15) is 5.10 Å². The number of benzene rings is 1. The number of anilines is 1. The molecule has 12 nitrogen and oxygen atoms in total. The molecule has 5 rings (SSSR count). The third kappa shape index (κ3) is 4.08. The standard InChI is InChI=1S/C21H22FN7O5S/c1-13-24-25-18(34-13)11-27-17-4-3-15(29(35(32)33)21(12-22)5-6-21)7-16(17)19(30)28(20(27)31)10-14-8-23-26(2)9-14/h3-4,7-9H,5-6,10-12H2,1-2H3,(H,32,33)/p-1. The van der Waals surface area contributed by atoms with E-state index >= 15 is 0 Å². The second kappa shape index (κ2) is 8.53. The van der Waals surface area contributed by atoms with Gasteiger partial charge in [-0.25, -0.2) is 9.18 Å². The first-order chi connectivity index (χ1) is 16.7. The molecule has 1 aliphatic carbocycles. The van der Waals surface area contributed by atoms with E-state index < -0.39 is 34.7 Å². The second-order valence-electron chi connectivity index (χ2n) is 8.57. The summed E-state index contributed by atoms with van der Waals surface area (Å²) in [5.41, 5.74) is -1.35. The summed E-state index contributed by atoms with van der Waals surface area (Å²) in [6.07, 6.45) is 3.96. The summed E-state index contributed by atoms with van der Waals surface area (Å²) in [6, 6.07) is 4.30.